The zero-order valence-corrected chi connectivity index (χ0v) is 12.8. The molecule has 0 unspecified atom stereocenters. The van der Waals surface area contributed by atoms with Gasteiger partial charge in [-0.3, -0.25) is 0 Å². The molecule has 19 heavy (non-hydrogen) atoms. The van der Waals surface area contributed by atoms with Gasteiger partial charge in [0.25, 0.3) is 0 Å². The van der Waals surface area contributed by atoms with Crippen LogP contribution in [0.25, 0.3) is 0 Å². The van der Waals surface area contributed by atoms with Crippen LogP contribution < -0.4 is 5.32 Å². The summed E-state index contributed by atoms with van der Waals surface area (Å²) in [6.07, 6.45) is 2.95. The Morgan fingerprint density at radius 3 is 2.47 bits per heavy atom. The predicted octanol–water partition coefficient (Wildman–Crippen LogP) is 1.60. The summed E-state index contributed by atoms with van der Waals surface area (Å²) in [5.74, 6) is 1.92. The second-order valence-electron chi connectivity index (χ2n) is 4.51. The fourth-order valence-corrected chi connectivity index (χ4v) is 2.79. The maximum absolute atomic E-state index is 11.4. The van der Waals surface area contributed by atoms with Crippen LogP contribution in [0.3, 0.4) is 0 Å². The molecule has 0 radical (unpaired) electrons. The molecule has 0 saturated carbocycles. The van der Waals surface area contributed by atoms with Gasteiger partial charge >= 0.3 is 0 Å². The molecule has 0 aliphatic heterocycles. The van der Waals surface area contributed by atoms with Crippen molar-refractivity contribution in [3.63, 3.8) is 0 Å². The van der Waals surface area contributed by atoms with Crippen LogP contribution in [0.2, 0.25) is 0 Å². The first-order valence-corrected chi connectivity index (χ1v) is 8.55. The minimum atomic E-state index is -3.07. The molecule has 0 spiro atoms. The Labute approximate surface area is 116 Å². The minimum absolute atomic E-state index is 0.525. The average Bonchev–Trinajstić information content (AvgIpc) is 2.80. The fraction of sp³-hybridized carbons (Fsp3) is 0.692. The molecule has 110 valence electrons. The largest absolute Gasteiger partial charge is 0.465 e. The molecule has 0 fully saturated rings. The topological polar surface area (TPSA) is 62.6 Å². The SMILES string of the molecule is CCc1ccc(CNCCCN(CC)S(C)(=O)=O)o1. The summed E-state index contributed by atoms with van der Waals surface area (Å²) in [5.41, 5.74) is 0. The molecule has 0 aliphatic carbocycles. The minimum Gasteiger partial charge on any atom is -0.465 e. The summed E-state index contributed by atoms with van der Waals surface area (Å²) in [5, 5.41) is 3.25. The second-order valence-corrected chi connectivity index (χ2v) is 6.49. The van der Waals surface area contributed by atoms with Crippen molar-refractivity contribution in [2.45, 2.75) is 33.2 Å². The summed E-state index contributed by atoms with van der Waals surface area (Å²) in [6.45, 7) is 6.45. The zero-order valence-electron chi connectivity index (χ0n) is 12.0. The Morgan fingerprint density at radius 2 is 1.95 bits per heavy atom. The third-order valence-corrected chi connectivity index (χ3v) is 4.33. The van der Waals surface area contributed by atoms with Gasteiger partial charge in [-0.25, -0.2) is 12.7 Å². The highest BCUT2D eigenvalue weighted by Crippen LogP contribution is 2.07. The molecular weight excluding hydrogens is 264 g/mol. The van der Waals surface area contributed by atoms with Crippen molar-refractivity contribution >= 4 is 10.0 Å². The molecule has 0 aliphatic rings. The number of hydrogen-bond donors (Lipinski definition) is 1. The Bertz CT molecular complexity index is 468. The van der Waals surface area contributed by atoms with E-state index in [1.807, 2.05) is 19.1 Å². The van der Waals surface area contributed by atoms with Crippen molar-refractivity contribution in [2.24, 2.45) is 0 Å². The van der Waals surface area contributed by atoms with Gasteiger partial charge in [0.2, 0.25) is 10.0 Å². The molecule has 0 aromatic carbocycles. The van der Waals surface area contributed by atoms with E-state index in [2.05, 4.69) is 12.2 Å². The number of sulfonamides is 1. The summed E-state index contributed by atoms with van der Waals surface area (Å²) in [7, 11) is -3.07. The first-order valence-electron chi connectivity index (χ1n) is 6.70. The van der Waals surface area contributed by atoms with Gasteiger partial charge in [0.1, 0.15) is 11.5 Å². The molecule has 0 atom stereocenters. The summed E-state index contributed by atoms with van der Waals surface area (Å²) >= 11 is 0. The molecule has 5 nitrogen and oxygen atoms in total. The van der Waals surface area contributed by atoms with Crippen molar-refractivity contribution < 1.29 is 12.8 Å². The standard InChI is InChI=1S/C13H24N2O3S/c1-4-12-7-8-13(18-12)11-14-9-6-10-15(5-2)19(3,16)17/h7-8,14H,4-6,9-11H2,1-3H3. The van der Waals surface area contributed by atoms with E-state index in [0.29, 0.717) is 19.6 Å². The number of rotatable bonds is 9. The molecule has 1 aromatic rings. The summed E-state index contributed by atoms with van der Waals surface area (Å²) < 4.78 is 29.8. The maximum atomic E-state index is 11.4. The van der Waals surface area contributed by atoms with Crippen LogP contribution in [0.5, 0.6) is 0 Å². The predicted molar refractivity (Wildman–Crippen MR) is 76.5 cm³/mol. The highest BCUT2D eigenvalue weighted by Gasteiger charge is 2.12. The van der Waals surface area contributed by atoms with E-state index >= 15 is 0 Å². The molecular formula is C13H24N2O3S. The lowest BCUT2D eigenvalue weighted by molar-refractivity contribution is 0.410. The number of aryl methyl sites for hydroxylation is 1. The maximum Gasteiger partial charge on any atom is 0.211 e. The molecule has 1 rings (SSSR count). The summed E-state index contributed by atoms with van der Waals surface area (Å²) in [4.78, 5) is 0. The highest BCUT2D eigenvalue weighted by atomic mass is 32.2. The monoisotopic (exact) mass is 288 g/mol. The van der Waals surface area contributed by atoms with Crippen LogP contribution in [0.15, 0.2) is 16.5 Å². The second kappa shape index (κ2) is 7.67. The van der Waals surface area contributed by atoms with Crippen LogP contribution in [0.4, 0.5) is 0 Å². The molecule has 0 saturated heterocycles. The molecule has 1 heterocycles. The molecule has 6 heteroatoms. The van der Waals surface area contributed by atoms with Crippen LogP contribution >= 0.6 is 0 Å². The Hall–Kier alpha value is -0.850. The lowest BCUT2D eigenvalue weighted by Crippen LogP contribution is -2.32. The Kier molecular flexibility index (Phi) is 6.54. The lowest BCUT2D eigenvalue weighted by Gasteiger charge is -2.17. The molecule has 1 aromatic heterocycles. The third-order valence-electron chi connectivity index (χ3n) is 2.95. The van der Waals surface area contributed by atoms with Gasteiger partial charge in [-0.15, -0.1) is 0 Å². The molecule has 0 amide bonds. The Morgan fingerprint density at radius 1 is 1.26 bits per heavy atom. The number of nitrogens with zero attached hydrogens (tertiary/aromatic N) is 1. The summed E-state index contributed by atoms with van der Waals surface area (Å²) in [6, 6.07) is 3.96. The fourth-order valence-electron chi connectivity index (χ4n) is 1.86. The zero-order chi connectivity index (χ0) is 14.3. The van der Waals surface area contributed by atoms with Gasteiger partial charge in [-0.2, -0.15) is 0 Å². The van der Waals surface area contributed by atoms with Gasteiger partial charge < -0.3 is 9.73 Å². The lowest BCUT2D eigenvalue weighted by atomic mass is 10.3. The van der Waals surface area contributed by atoms with E-state index in [-0.39, 0.29) is 0 Å². The van der Waals surface area contributed by atoms with Crippen molar-refractivity contribution in [2.75, 3.05) is 25.9 Å². The van der Waals surface area contributed by atoms with E-state index < -0.39 is 10.0 Å². The average molecular weight is 288 g/mol. The van der Waals surface area contributed by atoms with E-state index in [9.17, 15) is 8.42 Å². The van der Waals surface area contributed by atoms with Crippen molar-refractivity contribution in [3.8, 4) is 0 Å². The van der Waals surface area contributed by atoms with E-state index in [0.717, 1.165) is 30.9 Å². The van der Waals surface area contributed by atoms with E-state index in [4.69, 9.17) is 4.42 Å². The van der Waals surface area contributed by atoms with Crippen LogP contribution in [-0.2, 0) is 23.0 Å². The first-order chi connectivity index (χ1) is 8.97. The third kappa shape index (κ3) is 5.76. The van der Waals surface area contributed by atoms with Crippen molar-refractivity contribution in [1.29, 1.82) is 0 Å². The van der Waals surface area contributed by atoms with Crippen LogP contribution in [0, 0.1) is 0 Å². The van der Waals surface area contributed by atoms with E-state index in [1.54, 1.807) is 0 Å². The van der Waals surface area contributed by atoms with Gasteiger partial charge in [0, 0.05) is 19.5 Å². The first kappa shape index (κ1) is 16.2. The molecule has 0 bridgehead atoms. The van der Waals surface area contributed by atoms with Gasteiger partial charge in [-0.05, 0) is 25.1 Å². The number of furan rings is 1. The highest BCUT2D eigenvalue weighted by molar-refractivity contribution is 7.88. The number of hydrogen-bond acceptors (Lipinski definition) is 4. The normalized spacial score (nSPS) is 12.2. The van der Waals surface area contributed by atoms with E-state index in [1.165, 1.54) is 10.6 Å². The van der Waals surface area contributed by atoms with Gasteiger partial charge in [0.15, 0.2) is 0 Å². The van der Waals surface area contributed by atoms with Crippen LogP contribution in [0.1, 0.15) is 31.8 Å². The van der Waals surface area contributed by atoms with Gasteiger partial charge in [-0.1, -0.05) is 13.8 Å². The number of nitrogens with one attached hydrogen (secondary N) is 1. The Balaban J connectivity index is 2.20. The van der Waals surface area contributed by atoms with Crippen LogP contribution in [-0.4, -0.2) is 38.6 Å². The van der Waals surface area contributed by atoms with Crippen molar-refractivity contribution in [3.05, 3.63) is 23.7 Å². The van der Waals surface area contributed by atoms with Crippen molar-refractivity contribution in [1.82, 2.24) is 9.62 Å². The van der Waals surface area contributed by atoms with Gasteiger partial charge in [0.05, 0.1) is 12.8 Å². The quantitative estimate of drug-likeness (QED) is 0.701. The molecule has 1 N–H and O–H groups in total. The smallest absolute Gasteiger partial charge is 0.211 e.